The minimum Gasteiger partial charge on any atom is -0.490 e. The van der Waals surface area contributed by atoms with E-state index in [2.05, 4.69) is 44.1 Å². The Bertz CT molecular complexity index is 878. The molecule has 0 spiro atoms. The number of fused-ring (bicyclic) bond motifs is 2. The third kappa shape index (κ3) is 4.22. The first-order valence-electron chi connectivity index (χ1n) is 10.4. The molecule has 0 radical (unpaired) electrons. The highest BCUT2D eigenvalue weighted by atomic mass is 16.5. The lowest BCUT2D eigenvalue weighted by molar-refractivity contribution is 0.0928. The summed E-state index contributed by atoms with van der Waals surface area (Å²) in [5.41, 5.74) is 1.62. The van der Waals surface area contributed by atoms with Crippen molar-refractivity contribution in [1.82, 2.24) is 25.4 Å². The number of nitrogens with one attached hydrogen (secondary N) is 2. The second-order valence-corrected chi connectivity index (χ2v) is 8.23. The van der Waals surface area contributed by atoms with Crippen LogP contribution in [0.5, 0.6) is 5.75 Å². The minimum absolute atomic E-state index is 0.112. The summed E-state index contributed by atoms with van der Waals surface area (Å²) in [5.74, 6) is 2.89. The number of amides is 1. The molecule has 1 aromatic carbocycles. The molecule has 2 aliphatic heterocycles. The molecular weight excluding hydrogens is 368 g/mol. The van der Waals surface area contributed by atoms with Gasteiger partial charge in [0, 0.05) is 38.7 Å². The van der Waals surface area contributed by atoms with Crippen LogP contribution in [0.15, 0.2) is 18.2 Å². The number of aromatic nitrogens is 3. The Hall–Kier alpha value is -2.61. The Kier molecular flexibility index (Phi) is 5.71. The number of benzene rings is 1. The van der Waals surface area contributed by atoms with Gasteiger partial charge in [0.25, 0.3) is 5.91 Å². The summed E-state index contributed by atoms with van der Waals surface area (Å²) in [6.07, 6.45) is 1.66. The Morgan fingerprint density at radius 3 is 2.97 bits per heavy atom. The Balaban J connectivity index is 1.57. The molecule has 1 unspecified atom stereocenters. The lowest BCUT2D eigenvalue weighted by atomic mass is 10.0. The van der Waals surface area contributed by atoms with E-state index in [0.29, 0.717) is 18.1 Å². The second-order valence-electron chi connectivity index (χ2n) is 8.23. The summed E-state index contributed by atoms with van der Waals surface area (Å²) in [6, 6.07) is 5.47. The van der Waals surface area contributed by atoms with Gasteiger partial charge in [-0.2, -0.15) is 0 Å². The van der Waals surface area contributed by atoms with Gasteiger partial charge in [0.1, 0.15) is 18.2 Å². The second kappa shape index (κ2) is 8.41. The molecule has 4 rings (SSSR count). The Morgan fingerprint density at radius 2 is 2.14 bits per heavy atom. The van der Waals surface area contributed by atoms with Crippen molar-refractivity contribution in [2.75, 3.05) is 38.2 Å². The van der Waals surface area contributed by atoms with Crippen LogP contribution in [-0.4, -0.2) is 54.0 Å². The molecule has 0 aliphatic carbocycles. The number of likely N-dealkylation sites (N-methyl/N-ethyl adjacent to an activating group) is 1. The number of nitrogens with zero attached hydrogens (tertiary/aromatic N) is 4. The van der Waals surface area contributed by atoms with Crippen molar-refractivity contribution in [2.24, 2.45) is 5.92 Å². The highest BCUT2D eigenvalue weighted by Gasteiger charge is 2.26. The van der Waals surface area contributed by atoms with Gasteiger partial charge < -0.3 is 24.8 Å². The molecule has 1 amide bonds. The predicted octanol–water partition coefficient (Wildman–Crippen LogP) is 1.77. The SMILES string of the molecule is CC(C)CC(NC(=O)c1ccc2c(c1)OCCN2C)c1nnc2n1CCNCC2. The maximum Gasteiger partial charge on any atom is 0.252 e. The van der Waals surface area contributed by atoms with Gasteiger partial charge in [0.15, 0.2) is 5.82 Å². The number of carbonyl (C=O) groups excluding carboxylic acids is 1. The van der Waals surface area contributed by atoms with E-state index < -0.39 is 0 Å². The van der Waals surface area contributed by atoms with Gasteiger partial charge in [0.2, 0.25) is 0 Å². The number of anilines is 1. The van der Waals surface area contributed by atoms with E-state index in [9.17, 15) is 4.79 Å². The van der Waals surface area contributed by atoms with Gasteiger partial charge >= 0.3 is 0 Å². The molecule has 0 bridgehead atoms. The van der Waals surface area contributed by atoms with Crippen LogP contribution in [0.3, 0.4) is 0 Å². The molecule has 8 heteroatoms. The molecule has 2 N–H and O–H groups in total. The highest BCUT2D eigenvalue weighted by molar-refractivity contribution is 5.95. The lowest BCUT2D eigenvalue weighted by Gasteiger charge is -2.28. The van der Waals surface area contributed by atoms with Crippen molar-refractivity contribution >= 4 is 11.6 Å². The third-order valence-electron chi connectivity index (χ3n) is 5.54. The van der Waals surface area contributed by atoms with Gasteiger partial charge in [0.05, 0.1) is 18.3 Å². The summed E-state index contributed by atoms with van der Waals surface area (Å²) in [7, 11) is 2.03. The van der Waals surface area contributed by atoms with Gasteiger partial charge in [-0.05, 0) is 30.5 Å². The number of rotatable bonds is 5. The van der Waals surface area contributed by atoms with E-state index >= 15 is 0 Å². The van der Waals surface area contributed by atoms with Crippen molar-refractivity contribution in [3.8, 4) is 5.75 Å². The summed E-state index contributed by atoms with van der Waals surface area (Å²) in [4.78, 5) is 15.2. The van der Waals surface area contributed by atoms with Crippen LogP contribution < -0.4 is 20.3 Å². The zero-order valence-corrected chi connectivity index (χ0v) is 17.4. The number of carbonyl (C=O) groups is 1. The maximum atomic E-state index is 13.1. The molecule has 2 aliphatic rings. The topological polar surface area (TPSA) is 84.3 Å². The molecule has 8 nitrogen and oxygen atoms in total. The highest BCUT2D eigenvalue weighted by Crippen LogP contribution is 2.32. The zero-order valence-electron chi connectivity index (χ0n) is 17.4. The first kappa shape index (κ1) is 19.7. The van der Waals surface area contributed by atoms with E-state index in [-0.39, 0.29) is 11.9 Å². The molecule has 3 heterocycles. The first-order chi connectivity index (χ1) is 14.0. The Morgan fingerprint density at radius 1 is 1.28 bits per heavy atom. The van der Waals surface area contributed by atoms with Crippen LogP contribution in [0, 0.1) is 5.92 Å². The predicted molar refractivity (Wildman–Crippen MR) is 111 cm³/mol. The van der Waals surface area contributed by atoms with Crippen molar-refractivity contribution in [1.29, 1.82) is 0 Å². The van der Waals surface area contributed by atoms with Crippen LogP contribution in [0.25, 0.3) is 0 Å². The van der Waals surface area contributed by atoms with Crippen molar-refractivity contribution in [2.45, 2.75) is 39.3 Å². The Labute approximate surface area is 171 Å². The summed E-state index contributed by atoms with van der Waals surface area (Å²) < 4.78 is 7.92. The molecule has 1 aromatic heterocycles. The monoisotopic (exact) mass is 398 g/mol. The fourth-order valence-electron chi connectivity index (χ4n) is 3.99. The van der Waals surface area contributed by atoms with E-state index in [1.807, 2.05) is 25.2 Å². The number of hydrogen-bond donors (Lipinski definition) is 2. The standard InChI is InChI=1S/C21H30N6O2/c1-14(2)12-16(20-25-24-19-6-7-22-8-9-27(19)20)23-21(28)15-4-5-17-18(13-15)29-11-10-26(17)3/h4-5,13-14,16,22H,6-12H2,1-3H3,(H,23,28). The lowest BCUT2D eigenvalue weighted by Crippen LogP contribution is -2.33. The average Bonchev–Trinajstić information content (AvgIpc) is 2.95. The largest absolute Gasteiger partial charge is 0.490 e. The van der Waals surface area contributed by atoms with Crippen molar-refractivity contribution in [3.63, 3.8) is 0 Å². The zero-order chi connectivity index (χ0) is 20.4. The van der Waals surface area contributed by atoms with E-state index in [4.69, 9.17) is 4.74 Å². The van der Waals surface area contributed by atoms with Crippen molar-refractivity contribution < 1.29 is 9.53 Å². The first-order valence-corrected chi connectivity index (χ1v) is 10.4. The third-order valence-corrected chi connectivity index (χ3v) is 5.54. The van der Waals surface area contributed by atoms with E-state index in [1.54, 1.807) is 0 Å². The molecule has 156 valence electrons. The summed E-state index contributed by atoms with van der Waals surface area (Å²) in [6.45, 7) is 8.40. The number of ether oxygens (including phenoxy) is 1. The molecule has 2 aromatic rings. The fraction of sp³-hybridized carbons (Fsp3) is 0.571. The van der Waals surface area contributed by atoms with E-state index in [0.717, 1.165) is 62.1 Å². The maximum absolute atomic E-state index is 13.1. The molecule has 29 heavy (non-hydrogen) atoms. The molecular formula is C21H30N6O2. The van der Waals surface area contributed by atoms with Crippen LogP contribution in [0.4, 0.5) is 5.69 Å². The number of hydrogen-bond acceptors (Lipinski definition) is 6. The van der Waals surface area contributed by atoms with Crippen LogP contribution in [-0.2, 0) is 13.0 Å². The van der Waals surface area contributed by atoms with Gasteiger partial charge in [-0.15, -0.1) is 10.2 Å². The van der Waals surface area contributed by atoms with Crippen LogP contribution in [0.2, 0.25) is 0 Å². The summed E-state index contributed by atoms with van der Waals surface area (Å²) in [5, 5.41) is 15.4. The average molecular weight is 399 g/mol. The molecule has 1 atom stereocenters. The van der Waals surface area contributed by atoms with Gasteiger partial charge in [-0.3, -0.25) is 4.79 Å². The minimum atomic E-state index is -0.179. The molecule has 0 saturated carbocycles. The van der Waals surface area contributed by atoms with Crippen molar-refractivity contribution in [3.05, 3.63) is 35.4 Å². The smallest absolute Gasteiger partial charge is 0.252 e. The van der Waals surface area contributed by atoms with Crippen LogP contribution >= 0.6 is 0 Å². The fourth-order valence-corrected chi connectivity index (χ4v) is 3.99. The normalized spacial score (nSPS) is 17.2. The quantitative estimate of drug-likeness (QED) is 0.799. The summed E-state index contributed by atoms with van der Waals surface area (Å²) >= 11 is 0. The van der Waals surface area contributed by atoms with Gasteiger partial charge in [-0.1, -0.05) is 13.8 Å². The van der Waals surface area contributed by atoms with E-state index in [1.165, 1.54) is 0 Å². The molecule has 0 saturated heterocycles. The van der Waals surface area contributed by atoms with Crippen LogP contribution in [0.1, 0.15) is 48.3 Å². The molecule has 0 fully saturated rings. The van der Waals surface area contributed by atoms with Gasteiger partial charge in [-0.25, -0.2) is 0 Å².